The molecule has 0 aromatic heterocycles. The zero-order valence-electron chi connectivity index (χ0n) is 21.6. The average Bonchev–Trinajstić information content (AvgIpc) is 3.32. The number of nitrogens with two attached hydrogens (primary N) is 1. The van der Waals surface area contributed by atoms with Gasteiger partial charge in [0.2, 0.25) is 5.91 Å². The van der Waals surface area contributed by atoms with E-state index in [1.807, 2.05) is 0 Å². The minimum absolute atomic E-state index is 0.00924. The van der Waals surface area contributed by atoms with Gasteiger partial charge in [0.15, 0.2) is 6.10 Å². The zero-order chi connectivity index (χ0) is 28.9. The molecule has 3 aliphatic rings. The van der Waals surface area contributed by atoms with Crippen molar-refractivity contribution in [3.05, 3.63) is 42.5 Å². The molecule has 1 aromatic rings. The van der Waals surface area contributed by atoms with Crippen molar-refractivity contribution in [2.45, 2.75) is 62.9 Å². The summed E-state index contributed by atoms with van der Waals surface area (Å²) in [6, 6.07) is 6.90. The van der Waals surface area contributed by atoms with E-state index >= 15 is 8.78 Å². The third kappa shape index (κ3) is 7.51. The Balaban J connectivity index is 1.47. The molecule has 0 aliphatic carbocycles. The Kier molecular flexibility index (Phi) is 9.34. The lowest BCUT2D eigenvalue weighted by molar-refractivity contribution is -0.169. The molecule has 3 aliphatic heterocycles. The summed E-state index contributed by atoms with van der Waals surface area (Å²) in [4.78, 5) is 39.2. The van der Waals surface area contributed by atoms with Crippen LogP contribution in [0, 0.1) is 5.92 Å². The molecule has 0 bridgehead atoms. The van der Waals surface area contributed by atoms with E-state index in [-0.39, 0.29) is 43.9 Å². The number of hydrogen-bond donors (Lipinski definition) is 2. The van der Waals surface area contributed by atoms with Crippen LogP contribution in [-0.2, 0) is 37.7 Å². The van der Waals surface area contributed by atoms with Gasteiger partial charge in [0.05, 0.1) is 13.2 Å². The third-order valence-corrected chi connectivity index (χ3v) is 8.00. The molecule has 2 saturated heterocycles. The molecule has 218 valence electrons. The van der Waals surface area contributed by atoms with Gasteiger partial charge in [0, 0.05) is 19.8 Å². The second kappa shape index (κ2) is 12.5. The minimum atomic E-state index is -4.34. The summed E-state index contributed by atoms with van der Waals surface area (Å²) in [5, 5.41) is 2.51. The van der Waals surface area contributed by atoms with Gasteiger partial charge in [0.1, 0.15) is 29.8 Å². The summed E-state index contributed by atoms with van der Waals surface area (Å²) in [5.74, 6) is -5.99. The van der Waals surface area contributed by atoms with E-state index in [4.69, 9.17) is 29.0 Å². The molecule has 0 spiro atoms. The average molecular weight is 585 g/mol. The molecule has 12 nitrogen and oxygen atoms in total. The van der Waals surface area contributed by atoms with Gasteiger partial charge in [-0.1, -0.05) is 24.3 Å². The quantitative estimate of drug-likeness (QED) is 0.290. The number of para-hydroxylation sites is 1. The number of alkyl halides is 2. The maximum atomic E-state index is 15.4. The van der Waals surface area contributed by atoms with Crippen LogP contribution in [-0.4, -0.2) is 67.2 Å². The van der Waals surface area contributed by atoms with Gasteiger partial charge in [-0.3, -0.25) is 18.9 Å². The Morgan fingerprint density at radius 1 is 1.25 bits per heavy atom. The van der Waals surface area contributed by atoms with Crippen molar-refractivity contribution in [3.63, 3.8) is 0 Å². The van der Waals surface area contributed by atoms with Gasteiger partial charge in [-0.25, -0.2) is 4.57 Å². The Morgan fingerprint density at radius 2 is 2.00 bits per heavy atom. The maximum Gasteiger partial charge on any atom is 0.459 e. The fourth-order valence-corrected chi connectivity index (χ4v) is 6.07. The number of halogens is 2. The number of ether oxygens (including phenoxy) is 3. The number of cyclic esters (lactones) is 1. The van der Waals surface area contributed by atoms with E-state index in [1.165, 1.54) is 18.2 Å². The van der Waals surface area contributed by atoms with Gasteiger partial charge < -0.3 is 24.5 Å². The van der Waals surface area contributed by atoms with Crippen LogP contribution in [0.1, 0.15) is 32.6 Å². The molecule has 3 heterocycles. The van der Waals surface area contributed by atoms with Crippen molar-refractivity contribution in [2.24, 2.45) is 16.6 Å². The first-order valence-electron chi connectivity index (χ1n) is 12.6. The number of nitrogens with one attached hydrogen (secondary N) is 1. The highest BCUT2D eigenvalue weighted by Gasteiger charge is 2.61. The predicted octanol–water partition coefficient (Wildman–Crippen LogP) is 2.67. The van der Waals surface area contributed by atoms with Crippen molar-refractivity contribution < 1.29 is 51.0 Å². The molecule has 0 radical (unpaired) electrons. The Morgan fingerprint density at radius 3 is 2.67 bits per heavy atom. The summed E-state index contributed by atoms with van der Waals surface area (Å²) < 4.78 is 71.0. The normalized spacial score (nSPS) is 29.3. The lowest BCUT2D eigenvalue weighted by Gasteiger charge is -2.25. The third-order valence-electron chi connectivity index (χ3n) is 6.43. The van der Waals surface area contributed by atoms with E-state index in [2.05, 4.69) is 10.1 Å². The molecule has 3 N–H and O–H groups in total. The SMILES string of the molecule is CC(=O)OC1C(COP(=O)(NC2CCOC2=O)Oc2ccccc2)OC(CCC2C=CC(N)=NC(=O)C2)C1(F)F. The predicted molar refractivity (Wildman–Crippen MR) is 135 cm³/mol. The monoisotopic (exact) mass is 585 g/mol. The number of nitrogens with zero attached hydrogens (tertiary/aromatic N) is 1. The number of carbonyl (C=O) groups is 3. The number of amides is 1. The van der Waals surface area contributed by atoms with E-state index < -0.39 is 68.4 Å². The van der Waals surface area contributed by atoms with Gasteiger partial charge in [-0.15, -0.1) is 0 Å². The Hall–Kier alpha value is -3.19. The van der Waals surface area contributed by atoms with Crippen LogP contribution in [0.3, 0.4) is 0 Å². The lowest BCUT2D eigenvalue weighted by atomic mass is 9.94. The fraction of sp³-hybridized carbons (Fsp3) is 0.520. The Bertz CT molecular complexity index is 1210. The lowest BCUT2D eigenvalue weighted by Crippen LogP contribution is -2.44. The van der Waals surface area contributed by atoms with Gasteiger partial charge in [0.25, 0.3) is 0 Å². The summed E-state index contributed by atoms with van der Waals surface area (Å²) in [5.41, 5.74) is 5.58. The van der Waals surface area contributed by atoms with E-state index in [1.54, 1.807) is 24.3 Å². The van der Waals surface area contributed by atoms with Gasteiger partial charge >= 0.3 is 25.6 Å². The highest BCUT2D eigenvalue weighted by molar-refractivity contribution is 7.52. The zero-order valence-corrected chi connectivity index (χ0v) is 22.5. The molecule has 6 unspecified atom stereocenters. The summed E-state index contributed by atoms with van der Waals surface area (Å²) in [6.45, 7) is 0.343. The fourth-order valence-electron chi connectivity index (χ4n) is 4.53. The van der Waals surface area contributed by atoms with Crippen molar-refractivity contribution in [1.82, 2.24) is 5.09 Å². The van der Waals surface area contributed by atoms with Crippen LogP contribution in [0.2, 0.25) is 0 Å². The summed E-state index contributed by atoms with van der Waals surface area (Å²) in [7, 11) is -4.34. The number of amidine groups is 1. The smallest absolute Gasteiger partial charge is 0.459 e. The van der Waals surface area contributed by atoms with Crippen LogP contribution < -0.4 is 15.3 Å². The van der Waals surface area contributed by atoms with E-state index in [9.17, 15) is 18.9 Å². The molecule has 4 rings (SSSR count). The topological polar surface area (TPSA) is 165 Å². The number of benzene rings is 1. The van der Waals surface area contributed by atoms with Gasteiger partial charge in [-0.05, 0) is 37.0 Å². The molecule has 2 fully saturated rings. The number of aliphatic imine (C=N–C) groups is 1. The maximum absolute atomic E-state index is 15.4. The van der Waals surface area contributed by atoms with Crippen molar-refractivity contribution in [2.75, 3.05) is 13.2 Å². The number of esters is 2. The molecule has 1 amide bonds. The van der Waals surface area contributed by atoms with Crippen LogP contribution in [0.4, 0.5) is 8.78 Å². The number of hydrogen-bond acceptors (Lipinski definition) is 10. The van der Waals surface area contributed by atoms with E-state index in [0.717, 1.165) is 6.92 Å². The first-order valence-corrected chi connectivity index (χ1v) is 14.2. The summed E-state index contributed by atoms with van der Waals surface area (Å²) >= 11 is 0. The highest BCUT2D eigenvalue weighted by atomic mass is 31.2. The second-order valence-corrected chi connectivity index (χ2v) is 11.2. The first kappa shape index (κ1) is 29.8. The first-order chi connectivity index (χ1) is 18.9. The van der Waals surface area contributed by atoms with Crippen LogP contribution in [0.5, 0.6) is 5.75 Å². The molecule has 1 aromatic carbocycles. The van der Waals surface area contributed by atoms with Crippen LogP contribution in [0.15, 0.2) is 47.5 Å². The molecule has 0 saturated carbocycles. The molecular weight excluding hydrogens is 555 g/mol. The Labute approximate surface area is 228 Å². The van der Waals surface area contributed by atoms with Crippen molar-refractivity contribution >= 4 is 31.4 Å². The molecular formula is C25H30F2N3O9P. The van der Waals surface area contributed by atoms with Crippen molar-refractivity contribution in [1.29, 1.82) is 0 Å². The number of rotatable bonds is 11. The standard InChI is InChI=1S/C25H30F2N3O9P/c1-15(31)37-23-19(38-20(25(23,26)27)9-7-16-8-10-21(28)29-22(32)13-16)14-36-40(34,30-18-11-12-35-24(18)33)39-17-5-3-2-4-6-17/h2-6,8,10,16,18-20,23H,7,9,11-14H2,1H3,(H,30,34)(H2,28,29,32). The molecule has 40 heavy (non-hydrogen) atoms. The second-order valence-electron chi connectivity index (χ2n) is 9.53. The van der Waals surface area contributed by atoms with Gasteiger partial charge in [-0.2, -0.15) is 18.9 Å². The highest BCUT2D eigenvalue weighted by Crippen LogP contribution is 2.48. The number of carbonyl (C=O) groups excluding carboxylic acids is 3. The minimum Gasteiger partial charge on any atom is -0.464 e. The largest absolute Gasteiger partial charge is 0.464 e. The van der Waals surface area contributed by atoms with Crippen LogP contribution >= 0.6 is 7.75 Å². The van der Waals surface area contributed by atoms with Crippen molar-refractivity contribution in [3.8, 4) is 5.75 Å². The molecule has 6 atom stereocenters. The van der Waals surface area contributed by atoms with E-state index in [0.29, 0.717) is 0 Å². The number of allylic oxidation sites excluding steroid dienone is 1. The van der Waals surface area contributed by atoms with Crippen LogP contribution in [0.25, 0.3) is 0 Å². The molecule has 15 heteroatoms. The summed E-state index contributed by atoms with van der Waals surface area (Å²) in [6.07, 6.45) is -2.11.